The summed E-state index contributed by atoms with van der Waals surface area (Å²) in [6.07, 6.45) is 3.81. The van der Waals surface area contributed by atoms with Gasteiger partial charge in [0.05, 0.1) is 22.6 Å². The van der Waals surface area contributed by atoms with E-state index < -0.39 is 5.72 Å². The minimum atomic E-state index is -1.22. The van der Waals surface area contributed by atoms with Crippen molar-refractivity contribution in [1.29, 1.82) is 5.26 Å². The number of hydrogen-bond acceptors (Lipinski definition) is 5. The zero-order valence-corrected chi connectivity index (χ0v) is 13.7. The van der Waals surface area contributed by atoms with E-state index >= 15 is 0 Å². The van der Waals surface area contributed by atoms with Crippen LogP contribution in [-0.2, 0) is 0 Å². The number of nitrogens with one attached hydrogen (secondary N) is 1. The predicted octanol–water partition coefficient (Wildman–Crippen LogP) is 2.34. The lowest BCUT2D eigenvalue weighted by molar-refractivity contribution is -0.740. The number of aromatic nitrogens is 1. The molecule has 0 amide bonds. The molecular weight excluding hydrogens is 314 g/mol. The number of thiophene rings is 1. The first kappa shape index (κ1) is 15.1. The van der Waals surface area contributed by atoms with Crippen molar-refractivity contribution in [2.24, 2.45) is 0 Å². The molecule has 6 heteroatoms. The van der Waals surface area contributed by atoms with Gasteiger partial charge in [0.15, 0.2) is 18.1 Å². The fourth-order valence-electron chi connectivity index (χ4n) is 2.96. The van der Waals surface area contributed by atoms with Crippen LogP contribution in [0.5, 0.6) is 0 Å². The molecule has 4 nitrogen and oxygen atoms in total. The third-order valence-corrected chi connectivity index (χ3v) is 5.17. The average Bonchev–Trinajstić information content (AvgIpc) is 3.00. The lowest BCUT2D eigenvalue weighted by atomic mass is 9.82. The minimum Gasteiger partial charge on any atom is -0.366 e. The third kappa shape index (κ3) is 2.52. The summed E-state index contributed by atoms with van der Waals surface area (Å²) >= 11 is 5.95. The van der Waals surface area contributed by atoms with Crippen molar-refractivity contribution in [3.05, 3.63) is 63.6 Å². The van der Waals surface area contributed by atoms with Crippen molar-refractivity contribution in [2.45, 2.75) is 24.6 Å². The Morgan fingerprint density at radius 3 is 2.68 bits per heavy atom. The summed E-state index contributed by atoms with van der Waals surface area (Å²) in [4.78, 5) is 1.03. The summed E-state index contributed by atoms with van der Waals surface area (Å²) in [5, 5.41) is 25.9. The second kappa shape index (κ2) is 5.76. The molecule has 0 unspecified atom stereocenters. The molecule has 0 fully saturated rings. The van der Waals surface area contributed by atoms with Crippen LogP contribution in [0.15, 0.2) is 58.7 Å². The number of pyridine rings is 1. The molecule has 3 heterocycles. The molecule has 0 spiro atoms. The first-order valence-corrected chi connectivity index (χ1v) is 8.20. The van der Waals surface area contributed by atoms with Crippen LogP contribution in [0.1, 0.15) is 23.8 Å². The molecular formula is C16H16N3OS2+. The van der Waals surface area contributed by atoms with Gasteiger partial charge < -0.3 is 10.4 Å². The molecule has 0 radical (unpaired) electrons. The Morgan fingerprint density at radius 1 is 1.36 bits per heavy atom. The SMILES string of the molecule is C[C@]1(O)NC(S)=C(C#N)[C@H](c2cccs2)[C@H]1[n+]1ccccc1. The van der Waals surface area contributed by atoms with Crippen molar-refractivity contribution >= 4 is 24.0 Å². The molecule has 1 aliphatic heterocycles. The first-order chi connectivity index (χ1) is 10.5. The molecule has 0 saturated carbocycles. The van der Waals surface area contributed by atoms with Gasteiger partial charge in [0, 0.05) is 17.0 Å². The molecule has 3 rings (SSSR count). The Morgan fingerprint density at radius 2 is 2.09 bits per heavy atom. The van der Waals surface area contributed by atoms with Crippen LogP contribution in [0, 0.1) is 11.3 Å². The Kier molecular flexibility index (Phi) is 3.96. The molecule has 112 valence electrons. The fraction of sp³-hybridized carbons (Fsp3) is 0.250. The smallest absolute Gasteiger partial charge is 0.217 e. The number of nitriles is 1. The predicted molar refractivity (Wildman–Crippen MR) is 88.1 cm³/mol. The summed E-state index contributed by atoms with van der Waals surface area (Å²) in [5.74, 6) is -0.249. The highest BCUT2D eigenvalue weighted by molar-refractivity contribution is 7.84. The van der Waals surface area contributed by atoms with E-state index in [1.807, 2.05) is 52.7 Å². The number of thiol groups is 1. The summed E-state index contributed by atoms with van der Waals surface area (Å²) in [5.41, 5.74) is -0.684. The van der Waals surface area contributed by atoms with Gasteiger partial charge in [-0.1, -0.05) is 12.1 Å². The zero-order chi connectivity index (χ0) is 15.7. The summed E-state index contributed by atoms with van der Waals surface area (Å²) < 4.78 is 1.94. The van der Waals surface area contributed by atoms with Gasteiger partial charge in [-0.3, -0.25) is 0 Å². The normalized spacial score (nSPS) is 28.1. The van der Waals surface area contributed by atoms with Crippen LogP contribution < -0.4 is 9.88 Å². The second-order valence-corrected chi connectivity index (χ2v) is 6.83. The second-order valence-electron chi connectivity index (χ2n) is 5.41. The number of nitrogens with zero attached hydrogens (tertiary/aromatic N) is 2. The van der Waals surface area contributed by atoms with Crippen molar-refractivity contribution in [2.75, 3.05) is 0 Å². The first-order valence-electron chi connectivity index (χ1n) is 6.87. The Bertz CT molecular complexity index is 733. The largest absolute Gasteiger partial charge is 0.366 e. The lowest BCUT2D eigenvalue weighted by Gasteiger charge is -2.39. The van der Waals surface area contributed by atoms with Gasteiger partial charge in [0.25, 0.3) is 0 Å². The maximum absolute atomic E-state index is 10.9. The summed E-state index contributed by atoms with van der Waals surface area (Å²) in [6.45, 7) is 1.71. The topological polar surface area (TPSA) is 59.9 Å². The summed E-state index contributed by atoms with van der Waals surface area (Å²) in [6, 6.07) is 11.6. The van der Waals surface area contributed by atoms with Crippen LogP contribution in [0.2, 0.25) is 0 Å². The van der Waals surface area contributed by atoms with E-state index in [-0.39, 0.29) is 12.0 Å². The van der Waals surface area contributed by atoms with E-state index in [1.165, 1.54) is 0 Å². The molecule has 0 aliphatic carbocycles. The van der Waals surface area contributed by atoms with E-state index in [1.54, 1.807) is 18.3 Å². The maximum Gasteiger partial charge on any atom is 0.217 e. The Balaban J connectivity index is 2.21. The highest BCUT2D eigenvalue weighted by Gasteiger charge is 2.51. The van der Waals surface area contributed by atoms with E-state index in [2.05, 4.69) is 24.0 Å². The molecule has 2 N–H and O–H groups in total. The molecule has 2 aromatic rings. The van der Waals surface area contributed by atoms with Crippen LogP contribution in [0.4, 0.5) is 0 Å². The van der Waals surface area contributed by atoms with E-state index in [0.717, 1.165) is 4.88 Å². The standard InChI is InChI=1S/C16H15N3OS2/c1-16(20)14(19-7-3-2-4-8-19)13(12-6-5-9-22-12)11(10-17)15(21)18-16/h2-9,13-14,18,20H,1H3/p+1/t13-,14-,16-/m1/s1. The van der Waals surface area contributed by atoms with Gasteiger partial charge >= 0.3 is 0 Å². The Hall–Kier alpha value is -1.81. The monoisotopic (exact) mass is 330 g/mol. The highest BCUT2D eigenvalue weighted by Crippen LogP contribution is 2.44. The molecule has 3 atom stereocenters. The lowest BCUT2D eigenvalue weighted by Crippen LogP contribution is -2.62. The number of rotatable bonds is 2. The maximum atomic E-state index is 10.9. The number of allylic oxidation sites excluding steroid dienone is 1. The zero-order valence-electron chi connectivity index (χ0n) is 12.0. The van der Waals surface area contributed by atoms with Crippen LogP contribution >= 0.6 is 24.0 Å². The molecule has 0 aromatic carbocycles. The van der Waals surface area contributed by atoms with Gasteiger partial charge in [-0.15, -0.1) is 24.0 Å². The molecule has 0 saturated heterocycles. The van der Waals surface area contributed by atoms with Gasteiger partial charge in [-0.05, 0) is 18.4 Å². The quantitative estimate of drug-likeness (QED) is 0.585. The summed E-state index contributed by atoms with van der Waals surface area (Å²) in [7, 11) is 0. The van der Waals surface area contributed by atoms with Crippen LogP contribution in [0.25, 0.3) is 0 Å². The van der Waals surface area contributed by atoms with E-state index in [0.29, 0.717) is 10.6 Å². The molecule has 2 aromatic heterocycles. The number of aliphatic hydroxyl groups is 1. The minimum absolute atomic E-state index is 0.249. The van der Waals surface area contributed by atoms with Crippen molar-refractivity contribution < 1.29 is 9.67 Å². The van der Waals surface area contributed by atoms with Gasteiger partial charge in [-0.2, -0.15) is 9.83 Å². The van der Waals surface area contributed by atoms with Gasteiger partial charge in [0.2, 0.25) is 6.04 Å². The van der Waals surface area contributed by atoms with Crippen molar-refractivity contribution in [1.82, 2.24) is 5.32 Å². The van der Waals surface area contributed by atoms with Gasteiger partial charge in [0.1, 0.15) is 0 Å². The van der Waals surface area contributed by atoms with Crippen molar-refractivity contribution in [3.8, 4) is 6.07 Å². The molecule has 1 aliphatic rings. The van der Waals surface area contributed by atoms with Gasteiger partial charge in [-0.25, -0.2) is 0 Å². The molecule has 0 bridgehead atoms. The number of hydrogen-bond donors (Lipinski definition) is 3. The van der Waals surface area contributed by atoms with Crippen molar-refractivity contribution in [3.63, 3.8) is 0 Å². The van der Waals surface area contributed by atoms with E-state index in [4.69, 9.17) is 0 Å². The van der Waals surface area contributed by atoms with Crippen LogP contribution in [0.3, 0.4) is 0 Å². The fourth-order valence-corrected chi connectivity index (χ4v) is 4.24. The van der Waals surface area contributed by atoms with E-state index in [9.17, 15) is 10.4 Å². The van der Waals surface area contributed by atoms with Crippen LogP contribution in [-0.4, -0.2) is 10.8 Å². The highest BCUT2D eigenvalue weighted by atomic mass is 32.1. The average molecular weight is 330 g/mol. The molecule has 22 heavy (non-hydrogen) atoms. The third-order valence-electron chi connectivity index (χ3n) is 3.86. The Labute approximate surface area is 138 Å².